The summed E-state index contributed by atoms with van der Waals surface area (Å²) in [5.41, 5.74) is 4.72. The maximum atomic E-state index is 12.7. The molecule has 0 atom stereocenters. The van der Waals surface area contributed by atoms with E-state index >= 15 is 0 Å². The number of carbonyl (C=O) groups excluding carboxylic acids is 2. The summed E-state index contributed by atoms with van der Waals surface area (Å²) in [7, 11) is 0. The summed E-state index contributed by atoms with van der Waals surface area (Å²) in [4.78, 5) is 21.7. The molecule has 1 rings (SSSR count). The molecule has 0 saturated carbocycles. The van der Waals surface area contributed by atoms with Crippen LogP contribution in [0.2, 0.25) is 0 Å². The Hall–Kier alpha value is -1.98. The number of primary amides is 1. The zero-order valence-electron chi connectivity index (χ0n) is 8.30. The smallest absolute Gasteiger partial charge is 0.251 e. The van der Waals surface area contributed by atoms with Crippen LogP contribution in [0.5, 0.6) is 0 Å². The summed E-state index contributed by atoms with van der Waals surface area (Å²) in [6.45, 7) is 0.0340. The zero-order valence-corrected chi connectivity index (χ0v) is 8.30. The second-order valence-corrected chi connectivity index (χ2v) is 3.13. The third-order valence-electron chi connectivity index (χ3n) is 1.78. The average molecular weight is 228 g/mol. The Morgan fingerprint density at radius 1 is 1.19 bits per heavy atom. The molecule has 0 aliphatic heterocycles. The Morgan fingerprint density at radius 3 is 2.25 bits per heavy atom. The van der Waals surface area contributed by atoms with E-state index in [-0.39, 0.29) is 18.5 Å². The molecule has 3 N–H and O–H groups in total. The fraction of sp³-hybridized carbons (Fsp3) is 0.200. The number of halogens is 2. The average Bonchev–Trinajstić information content (AvgIpc) is 2.15. The Labute approximate surface area is 90.4 Å². The SMILES string of the molecule is NC(=O)CCNC(=O)c1cc(F)cc(F)c1. The topological polar surface area (TPSA) is 72.2 Å². The lowest BCUT2D eigenvalue weighted by Crippen LogP contribution is -2.28. The van der Waals surface area contributed by atoms with Gasteiger partial charge in [0.15, 0.2) is 0 Å². The van der Waals surface area contributed by atoms with Gasteiger partial charge in [-0.05, 0) is 12.1 Å². The first-order valence-corrected chi connectivity index (χ1v) is 4.51. The molecule has 0 saturated heterocycles. The van der Waals surface area contributed by atoms with Crippen molar-refractivity contribution in [2.45, 2.75) is 6.42 Å². The Bertz CT molecular complexity index is 401. The van der Waals surface area contributed by atoms with Crippen LogP contribution >= 0.6 is 0 Å². The van der Waals surface area contributed by atoms with Gasteiger partial charge in [-0.1, -0.05) is 0 Å². The van der Waals surface area contributed by atoms with E-state index in [1.807, 2.05) is 0 Å². The van der Waals surface area contributed by atoms with E-state index in [1.54, 1.807) is 0 Å². The highest BCUT2D eigenvalue weighted by atomic mass is 19.1. The molecule has 0 aliphatic carbocycles. The summed E-state index contributed by atoms with van der Waals surface area (Å²) < 4.78 is 25.5. The normalized spacial score (nSPS) is 9.88. The third kappa shape index (κ3) is 3.64. The van der Waals surface area contributed by atoms with E-state index in [1.165, 1.54) is 0 Å². The Morgan fingerprint density at radius 2 is 1.75 bits per heavy atom. The van der Waals surface area contributed by atoms with Crippen molar-refractivity contribution in [3.63, 3.8) is 0 Å². The molecule has 1 aromatic rings. The number of nitrogens with one attached hydrogen (secondary N) is 1. The minimum absolute atomic E-state index is 0.0243. The van der Waals surface area contributed by atoms with Crippen molar-refractivity contribution in [1.29, 1.82) is 0 Å². The first kappa shape index (κ1) is 12.1. The number of hydrogen-bond donors (Lipinski definition) is 2. The van der Waals surface area contributed by atoms with Crippen LogP contribution in [0.4, 0.5) is 8.78 Å². The van der Waals surface area contributed by atoms with Crippen molar-refractivity contribution in [2.75, 3.05) is 6.54 Å². The highest BCUT2D eigenvalue weighted by Gasteiger charge is 2.08. The monoisotopic (exact) mass is 228 g/mol. The first-order chi connectivity index (χ1) is 7.49. The van der Waals surface area contributed by atoms with E-state index in [0.717, 1.165) is 12.1 Å². The van der Waals surface area contributed by atoms with E-state index in [9.17, 15) is 18.4 Å². The van der Waals surface area contributed by atoms with Gasteiger partial charge >= 0.3 is 0 Å². The van der Waals surface area contributed by atoms with Gasteiger partial charge in [0.05, 0.1) is 0 Å². The van der Waals surface area contributed by atoms with Crippen molar-refractivity contribution >= 4 is 11.8 Å². The number of rotatable bonds is 4. The van der Waals surface area contributed by atoms with E-state index in [0.29, 0.717) is 6.07 Å². The number of hydrogen-bond acceptors (Lipinski definition) is 2. The van der Waals surface area contributed by atoms with Crippen LogP contribution in [0.15, 0.2) is 18.2 Å². The van der Waals surface area contributed by atoms with Crippen LogP contribution in [-0.2, 0) is 4.79 Å². The maximum Gasteiger partial charge on any atom is 0.251 e. The lowest BCUT2D eigenvalue weighted by molar-refractivity contribution is -0.117. The molecule has 0 unspecified atom stereocenters. The highest BCUT2D eigenvalue weighted by molar-refractivity contribution is 5.94. The summed E-state index contributed by atoms with van der Waals surface area (Å²) in [6.07, 6.45) is -0.0243. The molecule has 0 bridgehead atoms. The second-order valence-electron chi connectivity index (χ2n) is 3.13. The molecule has 0 aromatic heterocycles. The van der Waals surface area contributed by atoms with Crippen molar-refractivity contribution in [3.05, 3.63) is 35.4 Å². The predicted octanol–water partition coefficient (Wildman–Crippen LogP) is 0.570. The van der Waals surface area contributed by atoms with Crippen LogP contribution in [-0.4, -0.2) is 18.4 Å². The van der Waals surface area contributed by atoms with Gasteiger partial charge in [0.25, 0.3) is 5.91 Å². The van der Waals surface area contributed by atoms with Crippen LogP contribution < -0.4 is 11.1 Å². The van der Waals surface area contributed by atoms with Gasteiger partial charge in [-0.3, -0.25) is 9.59 Å². The largest absolute Gasteiger partial charge is 0.370 e. The predicted molar refractivity (Wildman–Crippen MR) is 52.5 cm³/mol. The molecule has 86 valence electrons. The van der Waals surface area contributed by atoms with Crippen LogP contribution in [0.1, 0.15) is 16.8 Å². The third-order valence-corrected chi connectivity index (χ3v) is 1.78. The summed E-state index contributed by atoms with van der Waals surface area (Å²) in [6, 6.07) is 2.48. The number of nitrogens with two attached hydrogens (primary N) is 1. The van der Waals surface area contributed by atoms with Crippen molar-refractivity contribution in [1.82, 2.24) is 5.32 Å². The molecule has 0 aliphatic rings. The number of amides is 2. The molecule has 16 heavy (non-hydrogen) atoms. The highest BCUT2D eigenvalue weighted by Crippen LogP contribution is 2.07. The fourth-order valence-electron chi connectivity index (χ4n) is 1.09. The minimum atomic E-state index is -0.833. The van der Waals surface area contributed by atoms with Crippen molar-refractivity contribution in [3.8, 4) is 0 Å². The van der Waals surface area contributed by atoms with E-state index in [2.05, 4.69) is 5.32 Å². The Kier molecular flexibility index (Phi) is 3.93. The molecule has 0 heterocycles. The molecule has 0 radical (unpaired) electrons. The zero-order chi connectivity index (χ0) is 12.1. The number of carbonyl (C=O) groups is 2. The summed E-state index contributed by atoms with van der Waals surface area (Å²) >= 11 is 0. The minimum Gasteiger partial charge on any atom is -0.370 e. The number of benzene rings is 1. The molecule has 0 fully saturated rings. The maximum absolute atomic E-state index is 12.7. The van der Waals surface area contributed by atoms with Gasteiger partial charge in [0.2, 0.25) is 5.91 Å². The van der Waals surface area contributed by atoms with Gasteiger partial charge in [-0.15, -0.1) is 0 Å². The second kappa shape index (κ2) is 5.20. The lowest BCUT2D eigenvalue weighted by atomic mass is 10.2. The van der Waals surface area contributed by atoms with Crippen molar-refractivity contribution < 1.29 is 18.4 Å². The van der Waals surface area contributed by atoms with Crippen LogP contribution in [0, 0.1) is 11.6 Å². The van der Waals surface area contributed by atoms with Gasteiger partial charge in [0, 0.05) is 24.6 Å². The van der Waals surface area contributed by atoms with Gasteiger partial charge in [-0.2, -0.15) is 0 Å². The van der Waals surface area contributed by atoms with Crippen LogP contribution in [0.3, 0.4) is 0 Å². The van der Waals surface area contributed by atoms with Gasteiger partial charge < -0.3 is 11.1 Å². The molecule has 4 nitrogen and oxygen atoms in total. The standard InChI is InChI=1S/C10H10F2N2O2/c11-7-3-6(4-8(12)5-7)10(16)14-2-1-9(13)15/h3-5H,1-2H2,(H2,13,15)(H,14,16). The quantitative estimate of drug-likeness (QED) is 0.790. The summed E-state index contributed by atoms with van der Waals surface area (Å²) in [5, 5.41) is 2.31. The lowest BCUT2D eigenvalue weighted by Gasteiger charge is -2.03. The molecule has 2 amide bonds. The molecule has 1 aromatic carbocycles. The fourth-order valence-corrected chi connectivity index (χ4v) is 1.09. The van der Waals surface area contributed by atoms with Crippen LogP contribution in [0.25, 0.3) is 0 Å². The molecular weight excluding hydrogens is 218 g/mol. The van der Waals surface area contributed by atoms with Gasteiger partial charge in [0.1, 0.15) is 11.6 Å². The Balaban J connectivity index is 2.62. The summed E-state index contributed by atoms with van der Waals surface area (Å²) in [5.74, 6) is -2.88. The van der Waals surface area contributed by atoms with Gasteiger partial charge in [-0.25, -0.2) is 8.78 Å². The molecule has 0 spiro atoms. The van der Waals surface area contributed by atoms with Crippen molar-refractivity contribution in [2.24, 2.45) is 5.73 Å². The first-order valence-electron chi connectivity index (χ1n) is 4.51. The van der Waals surface area contributed by atoms with E-state index in [4.69, 9.17) is 5.73 Å². The molecular formula is C10H10F2N2O2. The van der Waals surface area contributed by atoms with E-state index < -0.39 is 23.4 Å². The molecule has 6 heteroatoms.